The van der Waals surface area contributed by atoms with E-state index in [4.69, 9.17) is 5.73 Å². The first-order valence-corrected chi connectivity index (χ1v) is 5.49. The van der Waals surface area contributed by atoms with Crippen LogP contribution in [0.15, 0.2) is 48.5 Å². The molecule has 0 unspecified atom stereocenters. The average Bonchev–Trinajstić information content (AvgIpc) is 2.30. The third kappa shape index (κ3) is 2.54. The average molecular weight is 212 g/mol. The topological polar surface area (TPSA) is 38.0 Å². The lowest BCUT2D eigenvalue weighted by atomic mass is 10.1. The van der Waals surface area contributed by atoms with Crippen LogP contribution in [-0.4, -0.2) is 0 Å². The minimum atomic E-state index is 0.773. The first-order chi connectivity index (χ1) is 7.78. The molecule has 0 amide bonds. The molecule has 2 rings (SSSR count). The van der Waals surface area contributed by atoms with Gasteiger partial charge in [-0.2, -0.15) is 0 Å². The first-order valence-electron chi connectivity index (χ1n) is 5.49. The summed E-state index contributed by atoms with van der Waals surface area (Å²) in [5.41, 5.74) is 9.94. The van der Waals surface area contributed by atoms with E-state index in [0.29, 0.717) is 0 Å². The molecule has 2 nitrogen and oxygen atoms in total. The van der Waals surface area contributed by atoms with Gasteiger partial charge in [0.2, 0.25) is 0 Å². The van der Waals surface area contributed by atoms with Gasteiger partial charge in [-0.1, -0.05) is 25.1 Å². The Kier molecular flexibility index (Phi) is 3.10. The van der Waals surface area contributed by atoms with Gasteiger partial charge >= 0.3 is 0 Å². The van der Waals surface area contributed by atoms with Crippen LogP contribution in [0.5, 0.6) is 0 Å². The van der Waals surface area contributed by atoms with Crippen LogP contribution in [0.2, 0.25) is 0 Å². The quantitative estimate of drug-likeness (QED) is 0.763. The molecule has 0 bridgehead atoms. The molecule has 0 atom stereocenters. The monoisotopic (exact) mass is 212 g/mol. The predicted octanol–water partition coefficient (Wildman–Crippen LogP) is 3.57. The molecule has 0 heterocycles. The van der Waals surface area contributed by atoms with Crippen LogP contribution in [0.3, 0.4) is 0 Å². The number of hydrogen-bond donors (Lipinski definition) is 2. The van der Waals surface area contributed by atoms with Crippen LogP contribution in [0.4, 0.5) is 17.1 Å². The van der Waals surface area contributed by atoms with Gasteiger partial charge in [-0.25, -0.2) is 0 Å². The number of nitrogen functional groups attached to an aromatic ring is 1. The molecular weight excluding hydrogens is 196 g/mol. The van der Waals surface area contributed by atoms with E-state index in [-0.39, 0.29) is 0 Å². The summed E-state index contributed by atoms with van der Waals surface area (Å²) in [6.07, 6.45) is 1.07. The van der Waals surface area contributed by atoms with Gasteiger partial charge in [-0.3, -0.25) is 0 Å². The van der Waals surface area contributed by atoms with Gasteiger partial charge in [0, 0.05) is 17.1 Å². The van der Waals surface area contributed by atoms with Crippen molar-refractivity contribution in [3.8, 4) is 0 Å². The Bertz CT molecular complexity index is 460. The fraction of sp³-hybridized carbons (Fsp3) is 0.143. The maximum atomic E-state index is 5.72. The van der Waals surface area contributed by atoms with E-state index in [2.05, 4.69) is 36.5 Å². The molecule has 0 saturated heterocycles. The van der Waals surface area contributed by atoms with Crippen LogP contribution in [0, 0.1) is 0 Å². The molecule has 2 aromatic rings. The zero-order chi connectivity index (χ0) is 11.4. The van der Waals surface area contributed by atoms with Gasteiger partial charge in [0.25, 0.3) is 0 Å². The zero-order valence-corrected chi connectivity index (χ0v) is 9.40. The fourth-order valence-electron chi connectivity index (χ4n) is 1.61. The lowest BCUT2D eigenvalue weighted by Crippen LogP contribution is -1.92. The summed E-state index contributed by atoms with van der Waals surface area (Å²) in [6, 6.07) is 16.2. The lowest BCUT2D eigenvalue weighted by Gasteiger charge is -2.07. The highest BCUT2D eigenvalue weighted by Gasteiger charge is 1.95. The summed E-state index contributed by atoms with van der Waals surface area (Å²) in [5, 5.41) is 3.32. The summed E-state index contributed by atoms with van der Waals surface area (Å²) in [6.45, 7) is 2.15. The molecule has 0 aliphatic rings. The van der Waals surface area contributed by atoms with Crippen LogP contribution in [0.1, 0.15) is 12.5 Å². The van der Waals surface area contributed by atoms with Crippen LogP contribution in [-0.2, 0) is 6.42 Å². The highest BCUT2D eigenvalue weighted by molar-refractivity contribution is 5.63. The highest BCUT2D eigenvalue weighted by Crippen LogP contribution is 2.19. The summed E-state index contributed by atoms with van der Waals surface area (Å²) in [5.74, 6) is 0. The SMILES string of the molecule is CCc1ccc(Nc2cccc(N)c2)cc1. The maximum absolute atomic E-state index is 5.72. The van der Waals surface area contributed by atoms with E-state index in [1.807, 2.05) is 24.3 Å². The summed E-state index contributed by atoms with van der Waals surface area (Å²) in [4.78, 5) is 0. The molecule has 3 N–H and O–H groups in total. The van der Waals surface area contributed by atoms with Gasteiger partial charge in [0.05, 0.1) is 0 Å². The minimum Gasteiger partial charge on any atom is -0.399 e. The van der Waals surface area contributed by atoms with Crippen molar-refractivity contribution < 1.29 is 0 Å². The van der Waals surface area contributed by atoms with E-state index in [1.54, 1.807) is 0 Å². The summed E-state index contributed by atoms with van der Waals surface area (Å²) < 4.78 is 0. The third-order valence-electron chi connectivity index (χ3n) is 2.54. The number of nitrogens with two attached hydrogens (primary N) is 1. The predicted molar refractivity (Wildman–Crippen MR) is 70.0 cm³/mol. The van der Waals surface area contributed by atoms with Gasteiger partial charge in [-0.15, -0.1) is 0 Å². The number of benzene rings is 2. The lowest BCUT2D eigenvalue weighted by molar-refractivity contribution is 1.14. The smallest absolute Gasteiger partial charge is 0.0404 e. The van der Waals surface area contributed by atoms with Gasteiger partial charge in [0.1, 0.15) is 0 Å². The second-order valence-electron chi connectivity index (χ2n) is 3.80. The Morgan fingerprint density at radius 2 is 1.75 bits per heavy atom. The number of anilines is 3. The second-order valence-corrected chi connectivity index (χ2v) is 3.80. The minimum absolute atomic E-state index is 0.773. The van der Waals surface area contributed by atoms with Crippen molar-refractivity contribution in [2.24, 2.45) is 0 Å². The van der Waals surface area contributed by atoms with Gasteiger partial charge < -0.3 is 11.1 Å². The molecule has 82 valence electrons. The van der Waals surface area contributed by atoms with Crippen molar-refractivity contribution in [1.82, 2.24) is 0 Å². The van der Waals surface area contributed by atoms with Crippen LogP contribution >= 0.6 is 0 Å². The van der Waals surface area contributed by atoms with Crippen LogP contribution < -0.4 is 11.1 Å². The number of nitrogens with one attached hydrogen (secondary N) is 1. The third-order valence-corrected chi connectivity index (χ3v) is 2.54. The highest BCUT2D eigenvalue weighted by atomic mass is 14.9. The van der Waals surface area contributed by atoms with E-state index in [1.165, 1.54) is 5.56 Å². The van der Waals surface area contributed by atoms with E-state index in [0.717, 1.165) is 23.5 Å². The van der Waals surface area contributed by atoms with E-state index in [9.17, 15) is 0 Å². The van der Waals surface area contributed by atoms with Crippen molar-refractivity contribution in [2.75, 3.05) is 11.1 Å². The Labute approximate surface area is 96.1 Å². The standard InChI is InChI=1S/C14H16N2/c1-2-11-6-8-13(9-7-11)16-14-5-3-4-12(15)10-14/h3-10,16H,2,15H2,1H3. The van der Waals surface area contributed by atoms with Gasteiger partial charge in [-0.05, 0) is 42.3 Å². The Balaban J connectivity index is 2.14. The Morgan fingerprint density at radius 1 is 1.00 bits per heavy atom. The largest absolute Gasteiger partial charge is 0.399 e. The number of hydrogen-bond acceptors (Lipinski definition) is 2. The molecule has 2 heteroatoms. The van der Waals surface area contributed by atoms with Crippen LogP contribution in [0.25, 0.3) is 0 Å². The molecule has 16 heavy (non-hydrogen) atoms. The normalized spacial score (nSPS) is 10.1. The van der Waals surface area contributed by atoms with Crippen molar-refractivity contribution in [1.29, 1.82) is 0 Å². The molecule has 0 spiro atoms. The van der Waals surface area contributed by atoms with Crippen molar-refractivity contribution in [3.05, 3.63) is 54.1 Å². The maximum Gasteiger partial charge on any atom is 0.0404 e. The Hall–Kier alpha value is -1.96. The zero-order valence-electron chi connectivity index (χ0n) is 9.40. The molecule has 0 radical (unpaired) electrons. The van der Waals surface area contributed by atoms with Gasteiger partial charge in [0.15, 0.2) is 0 Å². The first kappa shape index (κ1) is 10.6. The number of aryl methyl sites for hydroxylation is 1. The number of rotatable bonds is 3. The fourth-order valence-corrected chi connectivity index (χ4v) is 1.61. The molecule has 0 saturated carbocycles. The second kappa shape index (κ2) is 4.71. The molecule has 0 fully saturated rings. The van der Waals surface area contributed by atoms with Crippen molar-refractivity contribution in [3.63, 3.8) is 0 Å². The summed E-state index contributed by atoms with van der Waals surface area (Å²) >= 11 is 0. The van der Waals surface area contributed by atoms with E-state index < -0.39 is 0 Å². The molecule has 0 aliphatic heterocycles. The van der Waals surface area contributed by atoms with Crippen molar-refractivity contribution in [2.45, 2.75) is 13.3 Å². The molecular formula is C14H16N2. The summed E-state index contributed by atoms with van der Waals surface area (Å²) in [7, 11) is 0. The molecule has 0 aliphatic carbocycles. The van der Waals surface area contributed by atoms with Crippen molar-refractivity contribution >= 4 is 17.1 Å². The molecule has 0 aromatic heterocycles. The molecule has 2 aromatic carbocycles. The van der Waals surface area contributed by atoms with E-state index >= 15 is 0 Å². The Morgan fingerprint density at radius 3 is 2.38 bits per heavy atom.